The summed E-state index contributed by atoms with van der Waals surface area (Å²) in [4.78, 5) is 30.8. The summed E-state index contributed by atoms with van der Waals surface area (Å²) in [5, 5.41) is 4.93. The molecule has 0 fully saturated rings. The molecule has 2 aromatic rings. The summed E-state index contributed by atoms with van der Waals surface area (Å²) in [6, 6.07) is 11.4. The molecule has 1 aromatic heterocycles. The van der Waals surface area contributed by atoms with E-state index in [9.17, 15) is 9.59 Å². The van der Waals surface area contributed by atoms with Crippen LogP contribution in [0, 0.1) is 5.92 Å². The quantitative estimate of drug-likeness (QED) is 0.627. The Labute approximate surface area is 189 Å². The van der Waals surface area contributed by atoms with Gasteiger partial charge in [0.1, 0.15) is 18.9 Å². The largest absolute Gasteiger partial charge is 0.491 e. The number of nitrogens with zero attached hydrogens (tertiary/aromatic N) is 2. The van der Waals surface area contributed by atoms with Crippen molar-refractivity contribution in [2.24, 2.45) is 5.92 Å². The third-order valence-electron chi connectivity index (χ3n) is 5.74. The maximum Gasteiger partial charge on any atom is 0.317 e. The number of urea groups is 1. The minimum atomic E-state index is -0.179. The number of carbonyl (C=O) groups excluding carboxylic acids is 2. The molecule has 2 heterocycles. The standard InChI is InChI=1S/C24H33N3O3S/c1-4-18(3)15-26(24(29)25-5-2)16-23(28)27-13-11-22-20(12-14-31-22)21(27)17-30-19-9-7-6-8-10-19/h6-10,12,14,18,21H,4-5,11,13,15-17H2,1-3H3,(H,25,29)/t18-,21-/m0/s1. The Morgan fingerprint density at radius 2 is 2.03 bits per heavy atom. The summed E-state index contributed by atoms with van der Waals surface area (Å²) in [5.41, 5.74) is 1.16. The number of benzene rings is 1. The van der Waals surface area contributed by atoms with Gasteiger partial charge in [0.15, 0.2) is 0 Å². The van der Waals surface area contributed by atoms with Gasteiger partial charge in [-0.15, -0.1) is 11.3 Å². The zero-order chi connectivity index (χ0) is 22.2. The van der Waals surface area contributed by atoms with Crippen molar-refractivity contribution in [1.82, 2.24) is 15.1 Å². The topological polar surface area (TPSA) is 61.9 Å². The fourth-order valence-electron chi connectivity index (χ4n) is 3.81. The minimum absolute atomic E-state index is 0.0342. The van der Waals surface area contributed by atoms with Gasteiger partial charge in [-0.05, 0) is 48.4 Å². The number of ether oxygens (including phenoxy) is 1. The lowest BCUT2D eigenvalue weighted by atomic mass is 10.00. The zero-order valence-corrected chi connectivity index (χ0v) is 19.5. The van der Waals surface area contributed by atoms with Crippen LogP contribution in [0.2, 0.25) is 0 Å². The van der Waals surface area contributed by atoms with Crippen LogP contribution in [-0.2, 0) is 11.2 Å². The van der Waals surface area contributed by atoms with Gasteiger partial charge in [0.25, 0.3) is 0 Å². The van der Waals surface area contributed by atoms with Gasteiger partial charge in [-0.2, -0.15) is 0 Å². The number of hydrogen-bond acceptors (Lipinski definition) is 4. The van der Waals surface area contributed by atoms with E-state index in [-0.39, 0.29) is 24.5 Å². The molecular formula is C24H33N3O3S. The van der Waals surface area contributed by atoms with E-state index in [2.05, 4.69) is 30.6 Å². The van der Waals surface area contributed by atoms with Gasteiger partial charge in [-0.3, -0.25) is 4.79 Å². The van der Waals surface area contributed by atoms with Crippen molar-refractivity contribution >= 4 is 23.3 Å². The summed E-state index contributed by atoms with van der Waals surface area (Å²) < 4.78 is 6.04. The molecule has 6 nitrogen and oxygen atoms in total. The lowest BCUT2D eigenvalue weighted by Crippen LogP contribution is -2.50. The van der Waals surface area contributed by atoms with Crippen molar-refractivity contribution in [2.75, 3.05) is 32.8 Å². The fourth-order valence-corrected chi connectivity index (χ4v) is 4.74. The molecule has 3 amide bonds. The first-order valence-corrected chi connectivity index (χ1v) is 12.0. The van der Waals surface area contributed by atoms with E-state index < -0.39 is 0 Å². The number of carbonyl (C=O) groups is 2. The molecule has 0 unspecified atom stereocenters. The monoisotopic (exact) mass is 443 g/mol. The second kappa shape index (κ2) is 11.2. The Balaban J connectivity index is 1.75. The molecular weight excluding hydrogens is 410 g/mol. The number of para-hydroxylation sites is 1. The van der Waals surface area contributed by atoms with Crippen LogP contribution in [0.3, 0.4) is 0 Å². The van der Waals surface area contributed by atoms with E-state index >= 15 is 0 Å². The number of fused-ring (bicyclic) bond motifs is 1. The van der Waals surface area contributed by atoms with Crippen LogP contribution in [0.25, 0.3) is 0 Å². The van der Waals surface area contributed by atoms with Gasteiger partial charge < -0.3 is 19.9 Å². The summed E-state index contributed by atoms with van der Waals surface area (Å²) in [6.45, 7) is 8.32. The normalized spacial score (nSPS) is 16.4. The second-order valence-electron chi connectivity index (χ2n) is 8.01. The highest BCUT2D eigenvalue weighted by Gasteiger charge is 2.33. The minimum Gasteiger partial charge on any atom is -0.491 e. The first-order valence-electron chi connectivity index (χ1n) is 11.1. The fraction of sp³-hybridized carbons (Fsp3) is 0.500. The van der Waals surface area contributed by atoms with Crippen molar-refractivity contribution in [3.63, 3.8) is 0 Å². The third-order valence-corrected chi connectivity index (χ3v) is 6.73. The molecule has 0 radical (unpaired) electrons. The van der Waals surface area contributed by atoms with Crippen LogP contribution in [0.1, 0.15) is 43.7 Å². The predicted molar refractivity (Wildman–Crippen MR) is 125 cm³/mol. The van der Waals surface area contributed by atoms with Crippen molar-refractivity contribution in [1.29, 1.82) is 0 Å². The molecule has 0 aliphatic carbocycles. The van der Waals surface area contributed by atoms with Gasteiger partial charge in [-0.25, -0.2) is 4.79 Å². The highest BCUT2D eigenvalue weighted by atomic mass is 32.1. The number of amides is 3. The van der Waals surface area contributed by atoms with E-state index in [4.69, 9.17) is 4.74 Å². The summed E-state index contributed by atoms with van der Waals surface area (Å²) in [5.74, 6) is 1.09. The zero-order valence-electron chi connectivity index (χ0n) is 18.7. The van der Waals surface area contributed by atoms with Gasteiger partial charge in [0.2, 0.25) is 5.91 Å². The summed E-state index contributed by atoms with van der Waals surface area (Å²) in [7, 11) is 0. The average molecular weight is 444 g/mol. The van der Waals surface area contributed by atoms with Crippen molar-refractivity contribution in [3.8, 4) is 5.75 Å². The first kappa shape index (κ1) is 23.1. The molecule has 1 N–H and O–H groups in total. The molecule has 1 aromatic carbocycles. The molecule has 0 spiro atoms. The molecule has 3 rings (SSSR count). The van der Waals surface area contributed by atoms with Crippen LogP contribution < -0.4 is 10.1 Å². The summed E-state index contributed by atoms with van der Waals surface area (Å²) >= 11 is 1.73. The van der Waals surface area contributed by atoms with Gasteiger partial charge in [-0.1, -0.05) is 38.5 Å². The molecule has 1 aliphatic rings. The van der Waals surface area contributed by atoms with Crippen LogP contribution in [0.15, 0.2) is 41.8 Å². The Bertz CT molecular complexity index is 855. The van der Waals surface area contributed by atoms with E-state index in [1.54, 1.807) is 16.2 Å². The molecule has 1 aliphatic heterocycles. The van der Waals surface area contributed by atoms with Crippen LogP contribution in [0.4, 0.5) is 4.79 Å². The van der Waals surface area contributed by atoms with Gasteiger partial charge >= 0.3 is 6.03 Å². The Morgan fingerprint density at radius 3 is 2.74 bits per heavy atom. The lowest BCUT2D eigenvalue weighted by molar-refractivity contribution is -0.135. The SMILES string of the molecule is CCNC(=O)N(CC(=O)N1CCc2sccc2[C@@H]1COc1ccccc1)C[C@@H](C)CC. The maximum absolute atomic E-state index is 13.4. The Hall–Kier alpha value is -2.54. The van der Waals surface area contributed by atoms with Gasteiger partial charge in [0, 0.05) is 24.5 Å². The van der Waals surface area contributed by atoms with E-state index in [1.165, 1.54) is 4.88 Å². The van der Waals surface area contributed by atoms with Crippen molar-refractivity contribution in [3.05, 3.63) is 52.2 Å². The lowest BCUT2D eigenvalue weighted by Gasteiger charge is -2.37. The van der Waals surface area contributed by atoms with E-state index in [0.717, 1.165) is 24.2 Å². The van der Waals surface area contributed by atoms with Crippen LogP contribution in [-0.4, -0.2) is 54.5 Å². The predicted octanol–water partition coefficient (Wildman–Crippen LogP) is 4.33. The van der Waals surface area contributed by atoms with Crippen LogP contribution >= 0.6 is 11.3 Å². The third kappa shape index (κ3) is 6.00. The Morgan fingerprint density at radius 1 is 1.26 bits per heavy atom. The van der Waals surface area contributed by atoms with Crippen LogP contribution in [0.5, 0.6) is 5.75 Å². The number of hydrogen-bond donors (Lipinski definition) is 1. The number of rotatable bonds is 9. The first-order chi connectivity index (χ1) is 15.0. The molecule has 0 saturated carbocycles. The molecule has 31 heavy (non-hydrogen) atoms. The average Bonchev–Trinajstić information content (AvgIpc) is 3.26. The Kier molecular flexibility index (Phi) is 8.35. The van der Waals surface area contributed by atoms with E-state index in [1.807, 2.05) is 42.2 Å². The molecule has 168 valence electrons. The highest BCUT2D eigenvalue weighted by Crippen LogP contribution is 2.34. The molecule has 0 bridgehead atoms. The highest BCUT2D eigenvalue weighted by molar-refractivity contribution is 7.10. The van der Waals surface area contributed by atoms with Gasteiger partial charge in [0.05, 0.1) is 6.04 Å². The number of thiophene rings is 1. The molecule has 0 saturated heterocycles. The molecule has 2 atom stereocenters. The van der Waals surface area contributed by atoms with Crippen molar-refractivity contribution in [2.45, 2.75) is 39.7 Å². The molecule has 7 heteroatoms. The smallest absolute Gasteiger partial charge is 0.317 e. The second-order valence-corrected chi connectivity index (χ2v) is 9.01. The number of nitrogens with one attached hydrogen (secondary N) is 1. The van der Waals surface area contributed by atoms with E-state index in [0.29, 0.717) is 32.2 Å². The van der Waals surface area contributed by atoms with Crippen molar-refractivity contribution < 1.29 is 14.3 Å². The maximum atomic E-state index is 13.4. The summed E-state index contributed by atoms with van der Waals surface area (Å²) in [6.07, 6.45) is 1.80.